The zero-order valence-corrected chi connectivity index (χ0v) is 13.4. The van der Waals surface area contributed by atoms with E-state index in [0.29, 0.717) is 25.1 Å². The van der Waals surface area contributed by atoms with E-state index < -0.39 is 5.82 Å². The van der Waals surface area contributed by atoms with Crippen LogP contribution in [0.4, 0.5) is 13.6 Å². The minimum Gasteiger partial charge on any atom is -0.490 e. The first-order valence-corrected chi connectivity index (χ1v) is 7.73. The fourth-order valence-electron chi connectivity index (χ4n) is 2.12. The quantitative estimate of drug-likeness (QED) is 0.757. The highest BCUT2D eigenvalue weighted by molar-refractivity contribution is 5.74. The molecule has 0 fully saturated rings. The molecule has 0 aliphatic heterocycles. The van der Waals surface area contributed by atoms with Crippen LogP contribution in [-0.2, 0) is 0 Å². The Hall–Kier alpha value is -2.63. The number of halogens is 2. The molecule has 6 heteroatoms. The van der Waals surface area contributed by atoms with Gasteiger partial charge in [-0.15, -0.1) is 0 Å². The molecule has 24 heavy (non-hydrogen) atoms. The standard InChI is InChI=1S/C18H20F2N2O2/c1-13(14-6-4-7-15(19)12-14)22-18(23)21-10-5-11-24-17-9-3-2-8-16(17)20/h2-4,6-9,12-13H,5,10-11H2,1H3,(H2,21,22,23)/t13-/m0/s1. The van der Waals surface area contributed by atoms with Gasteiger partial charge in [0.1, 0.15) is 5.82 Å². The van der Waals surface area contributed by atoms with Gasteiger partial charge < -0.3 is 15.4 Å². The third kappa shape index (κ3) is 5.53. The molecule has 0 radical (unpaired) electrons. The van der Waals surface area contributed by atoms with Crippen LogP contribution in [0.15, 0.2) is 48.5 Å². The van der Waals surface area contributed by atoms with Crippen LogP contribution in [0, 0.1) is 11.6 Å². The highest BCUT2D eigenvalue weighted by atomic mass is 19.1. The lowest BCUT2D eigenvalue weighted by atomic mass is 10.1. The van der Waals surface area contributed by atoms with E-state index in [1.54, 1.807) is 37.3 Å². The second-order valence-electron chi connectivity index (χ2n) is 5.31. The first-order valence-electron chi connectivity index (χ1n) is 7.73. The third-order valence-corrected chi connectivity index (χ3v) is 3.40. The summed E-state index contributed by atoms with van der Waals surface area (Å²) in [6.45, 7) is 2.45. The Balaban J connectivity index is 1.65. The molecule has 1 atom stereocenters. The molecule has 0 saturated heterocycles. The van der Waals surface area contributed by atoms with Gasteiger partial charge in [0.15, 0.2) is 11.6 Å². The number of ether oxygens (including phenoxy) is 1. The summed E-state index contributed by atoms with van der Waals surface area (Å²) in [7, 11) is 0. The van der Waals surface area contributed by atoms with Crippen LogP contribution in [0.1, 0.15) is 24.9 Å². The van der Waals surface area contributed by atoms with Gasteiger partial charge in [-0.2, -0.15) is 0 Å². The highest BCUT2D eigenvalue weighted by Gasteiger charge is 2.09. The summed E-state index contributed by atoms with van der Waals surface area (Å²) >= 11 is 0. The molecule has 0 heterocycles. The molecular formula is C18H20F2N2O2. The first-order chi connectivity index (χ1) is 11.6. The molecule has 0 aliphatic rings. The Bertz CT molecular complexity index is 680. The lowest BCUT2D eigenvalue weighted by molar-refractivity contribution is 0.236. The molecule has 4 nitrogen and oxygen atoms in total. The number of benzene rings is 2. The maximum absolute atomic E-state index is 13.3. The summed E-state index contributed by atoms with van der Waals surface area (Å²) in [6, 6.07) is 11.6. The summed E-state index contributed by atoms with van der Waals surface area (Å²) < 4.78 is 31.8. The number of urea groups is 1. The fraction of sp³-hybridized carbons (Fsp3) is 0.278. The van der Waals surface area contributed by atoms with Crippen LogP contribution in [0.3, 0.4) is 0 Å². The molecule has 2 aromatic carbocycles. The van der Waals surface area contributed by atoms with E-state index in [-0.39, 0.29) is 23.6 Å². The normalized spacial score (nSPS) is 11.6. The number of hydrogen-bond acceptors (Lipinski definition) is 2. The van der Waals surface area contributed by atoms with Gasteiger partial charge in [0.25, 0.3) is 0 Å². The zero-order chi connectivity index (χ0) is 17.4. The fourth-order valence-corrected chi connectivity index (χ4v) is 2.12. The lowest BCUT2D eigenvalue weighted by Crippen LogP contribution is -2.37. The molecule has 2 rings (SSSR count). The van der Waals surface area contributed by atoms with Gasteiger partial charge in [-0.25, -0.2) is 13.6 Å². The van der Waals surface area contributed by atoms with E-state index in [1.807, 2.05) is 0 Å². The number of carbonyl (C=O) groups excluding carboxylic acids is 1. The van der Waals surface area contributed by atoms with Crippen LogP contribution < -0.4 is 15.4 Å². The van der Waals surface area contributed by atoms with Gasteiger partial charge in [0.05, 0.1) is 12.6 Å². The largest absolute Gasteiger partial charge is 0.490 e. The number of para-hydroxylation sites is 1. The molecule has 0 aliphatic carbocycles. The van der Waals surface area contributed by atoms with Gasteiger partial charge in [0, 0.05) is 6.54 Å². The Morgan fingerprint density at radius 2 is 1.96 bits per heavy atom. The minimum absolute atomic E-state index is 0.196. The molecule has 2 amide bonds. The summed E-state index contributed by atoms with van der Waals surface area (Å²) in [5, 5.41) is 5.40. The smallest absolute Gasteiger partial charge is 0.315 e. The Morgan fingerprint density at radius 3 is 2.71 bits per heavy atom. The second kappa shape index (κ2) is 8.86. The SMILES string of the molecule is C[C@H](NC(=O)NCCCOc1ccccc1F)c1cccc(F)c1. The average molecular weight is 334 g/mol. The van der Waals surface area contributed by atoms with Crippen molar-refractivity contribution in [3.05, 3.63) is 65.7 Å². The van der Waals surface area contributed by atoms with Crippen LogP contribution in [-0.4, -0.2) is 19.2 Å². The van der Waals surface area contributed by atoms with Crippen molar-refractivity contribution in [3.8, 4) is 5.75 Å². The van der Waals surface area contributed by atoms with Crippen LogP contribution in [0.2, 0.25) is 0 Å². The molecule has 0 saturated carbocycles. The molecule has 0 spiro atoms. The van der Waals surface area contributed by atoms with Gasteiger partial charge in [-0.1, -0.05) is 24.3 Å². The van der Waals surface area contributed by atoms with Crippen molar-refractivity contribution in [2.24, 2.45) is 0 Å². The Morgan fingerprint density at radius 1 is 1.17 bits per heavy atom. The van der Waals surface area contributed by atoms with Crippen molar-refractivity contribution in [2.45, 2.75) is 19.4 Å². The summed E-state index contributed by atoms with van der Waals surface area (Å²) in [5.41, 5.74) is 0.688. The minimum atomic E-state index is -0.410. The monoisotopic (exact) mass is 334 g/mol. The van der Waals surface area contributed by atoms with E-state index in [0.717, 1.165) is 0 Å². The van der Waals surface area contributed by atoms with Gasteiger partial charge in [-0.05, 0) is 43.2 Å². The average Bonchev–Trinajstić information content (AvgIpc) is 2.56. The van der Waals surface area contributed by atoms with E-state index in [2.05, 4.69) is 10.6 Å². The van der Waals surface area contributed by atoms with E-state index in [1.165, 1.54) is 18.2 Å². The molecule has 0 bridgehead atoms. The maximum Gasteiger partial charge on any atom is 0.315 e. The summed E-state index contributed by atoms with van der Waals surface area (Å²) in [5.74, 6) is -0.555. The van der Waals surface area contributed by atoms with Gasteiger partial charge >= 0.3 is 6.03 Å². The van der Waals surface area contributed by atoms with Crippen molar-refractivity contribution in [1.82, 2.24) is 10.6 Å². The van der Waals surface area contributed by atoms with Crippen molar-refractivity contribution in [1.29, 1.82) is 0 Å². The number of hydrogen-bond donors (Lipinski definition) is 2. The van der Waals surface area contributed by atoms with Crippen molar-refractivity contribution < 1.29 is 18.3 Å². The second-order valence-corrected chi connectivity index (χ2v) is 5.31. The third-order valence-electron chi connectivity index (χ3n) is 3.40. The summed E-state index contributed by atoms with van der Waals surface area (Å²) in [6.07, 6.45) is 0.538. The van der Waals surface area contributed by atoms with Gasteiger partial charge in [0.2, 0.25) is 0 Å². The molecule has 2 N–H and O–H groups in total. The topological polar surface area (TPSA) is 50.4 Å². The van der Waals surface area contributed by atoms with E-state index >= 15 is 0 Å². The van der Waals surface area contributed by atoms with E-state index in [4.69, 9.17) is 4.74 Å². The predicted octanol–water partition coefficient (Wildman–Crippen LogP) is 3.79. The van der Waals surface area contributed by atoms with Crippen LogP contribution >= 0.6 is 0 Å². The van der Waals surface area contributed by atoms with Crippen LogP contribution in [0.5, 0.6) is 5.75 Å². The number of rotatable bonds is 7. The number of nitrogens with one attached hydrogen (secondary N) is 2. The van der Waals surface area contributed by atoms with Gasteiger partial charge in [-0.3, -0.25) is 0 Å². The van der Waals surface area contributed by atoms with Crippen LogP contribution in [0.25, 0.3) is 0 Å². The zero-order valence-electron chi connectivity index (χ0n) is 13.4. The highest BCUT2D eigenvalue weighted by Crippen LogP contribution is 2.15. The lowest BCUT2D eigenvalue weighted by Gasteiger charge is -2.15. The van der Waals surface area contributed by atoms with Crippen molar-refractivity contribution in [2.75, 3.05) is 13.2 Å². The predicted molar refractivity (Wildman–Crippen MR) is 87.9 cm³/mol. The van der Waals surface area contributed by atoms with E-state index in [9.17, 15) is 13.6 Å². The van der Waals surface area contributed by atoms with Crippen molar-refractivity contribution in [3.63, 3.8) is 0 Å². The van der Waals surface area contributed by atoms with Crippen molar-refractivity contribution >= 4 is 6.03 Å². The summed E-state index contributed by atoms with van der Waals surface area (Å²) in [4.78, 5) is 11.8. The molecular weight excluding hydrogens is 314 g/mol. The molecule has 0 unspecified atom stereocenters. The first kappa shape index (κ1) is 17.7. The number of carbonyl (C=O) groups is 1. The number of amides is 2. The molecule has 2 aromatic rings. The molecule has 0 aromatic heterocycles. The maximum atomic E-state index is 13.3. The Labute approximate surface area is 139 Å². The Kier molecular flexibility index (Phi) is 6.54. The molecule has 128 valence electrons.